The molecule has 1 aromatic heterocycles. The Morgan fingerprint density at radius 3 is 3.00 bits per heavy atom. The van der Waals surface area contributed by atoms with E-state index in [1.54, 1.807) is 0 Å². The maximum atomic E-state index is 5.55. The highest BCUT2D eigenvalue weighted by Crippen LogP contribution is 2.23. The monoisotopic (exact) mass is 221 g/mol. The third-order valence-corrected chi connectivity index (χ3v) is 3.57. The number of aromatic nitrogens is 1. The number of nitrogens with zero attached hydrogens (tertiary/aromatic N) is 1. The zero-order chi connectivity index (χ0) is 10.8. The maximum absolute atomic E-state index is 5.55. The second-order valence-electron chi connectivity index (χ2n) is 4.90. The summed E-state index contributed by atoms with van der Waals surface area (Å²) in [6.45, 7) is 3.33. The number of rotatable bonds is 3. The summed E-state index contributed by atoms with van der Waals surface area (Å²) >= 11 is 0. The predicted molar refractivity (Wildman–Crippen MR) is 61.2 cm³/mol. The number of hydrogen-bond acceptors (Lipinski definition) is 4. The Balaban J connectivity index is 1.61. The Labute approximate surface area is 95.8 Å². The first-order valence-corrected chi connectivity index (χ1v) is 6.30. The molecule has 0 amide bonds. The molecule has 0 bridgehead atoms. The van der Waals surface area contributed by atoms with Crippen LogP contribution in [0.1, 0.15) is 36.9 Å². The minimum atomic E-state index is 0.422. The SMILES string of the molecule is c1oc(CC2CNC2)nc1C1CCCCN1. The molecule has 2 saturated heterocycles. The molecule has 88 valence electrons. The molecular weight excluding hydrogens is 202 g/mol. The Bertz CT molecular complexity index is 340. The van der Waals surface area contributed by atoms with E-state index >= 15 is 0 Å². The van der Waals surface area contributed by atoms with E-state index in [0.717, 1.165) is 43.6 Å². The first-order chi connectivity index (χ1) is 7.92. The topological polar surface area (TPSA) is 50.1 Å². The van der Waals surface area contributed by atoms with Crippen molar-refractivity contribution in [2.45, 2.75) is 31.7 Å². The number of piperidine rings is 1. The smallest absolute Gasteiger partial charge is 0.194 e. The maximum Gasteiger partial charge on any atom is 0.194 e. The van der Waals surface area contributed by atoms with E-state index in [1.165, 1.54) is 19.3 Å². The zero-order valence-electron chi connectivity index (χ0n) is 9.54. The molecule has 1 unspecified atom stereocenters. The van der Waals surface area contributed by atoms with Gasteiger partial charge in [-0.25, -0.2) is 4.98 Å². The number of hydrogen-bond donors (Lipinski definition) is 2. The van der Waals surface area contributed by atoms with Gasteiger partial charge in [0.15, 0.2) is 5.89 Å². The highest BCUT2D eigenvalue weighted by atomic mass is 16.3. The van der Waals surface area contributed by atoms with E-state index in [-0.39, 0.29) is 0 Å². The zero-order valence-corrected chi connectivity index (χ0v) is 9.54. The molecule has 0 radical (unpaired) electrons. The Hall–Kier alpha value is -0.870. The summed E-state index contributed by atoms with van der Waals surface area (Å²) in [5, 5.41) is 6.76. The first kappa shape index (κ1) is 10.3. The molecule has 16 heavy (non-hydrogen) atoms. The summed E-state index contributed by atoms with van der Waals surface area (Å²) in [5.41, 5.74) is 1.10. The standard InChI is InChI=1S/C12H19N3O/c1-2-4-14-10(3-1)11-8-16-12(15-11)5-9-6-13-7-9/h8-10,13-14H,1-7H2. The highest BCUT2D eigenvalue weighted by Gasteiger charge is 2.22. The van der Waals surface area contributed by atoms with Crippen molar-refractivity contribution in [3.05, 3.63) is 17.8 Å². The normalized spacial score (nSPS) is 26.6. The van der Waals surface area contributed by atoms with Gasteiger partial charge in [-0.05, 0) is 38.4 Å². The minimum Gasteiger partial charge on any atom is -0.449 e. The van der Waals surface area contributed by atoms with Crippen LogP contribution in [0.3, 0.4) is 0 Å². The fourth-order valence-corrected chi connectivity index (χ4v) is 2.42. The average Bonchev–Trinajstić information content (AvgIpc) is 2.73. The van der Waals surface area contributed by atoms with Gasteiger partial charge < -0.3 is 15.1 Å². The molecule has 0 saturated carbocycles. The highest BCUT2D eigenvalue weighted by molar-refractivity contribution is 5.05. The first-order valence-electron chi connectivity index (χ1n) is 6.30. The lowest BCUT2D eigenvalue weighted by Gasteiger charge is -2.25. The van der Waals surface area contributed by atoms with Crippen molar-refractivity contribution < 1.29 is 4.42 Å². The molecule has 1 aromatic rings. The summed E-state index contributed by atoms with van der Waals surface area (Å²) in [4.78, 5) is 4.60. The van der Waals surface area contributed by atoms with Crippen molar-refractivity contribution in [1.82, 2.24) is 15.6 Å². The number of oxazole rings is 1. The van der Waals surface area contributed by atoms with Gasteiger partial charge in [-0.1, -0.05) is 6.42 Å². The van der Waals surface area contributed by atoms with Crippen LogP contribution in [-0.4, -0.2) is 24.6 Å². The third-order valence-electron chi connectivity index (χ3n) is 3.57. The molecule has 2 fully saturated rings. The van der Waals surface area contributed by atoms with Gasteiger partial charge in [0, 0.05) is 6.42 Å². The molecule has 2 N–H and O–H groups in total. The molecule has 2 aliphatic heterocycles. The summed E-state index contributed by atoms with van der Waals surface area (Å²) < 4.78 is 5.55. The van der Waals surface area contributed by atoms with Gasteiger partial charge in [0.05, 0.1) is 11.7 Å². The lowest BCUT2D eigenvalue weighted by Crippen LogP contribution is -2.43. The molecule has 3 rings (SSSR count). The van der Waals surface area contributed by atoms with E-state index in [9.17, 15) is 0 Å². The molecule has 0 aliphatic carbocycles. The quantitative estimate of drug-likeness (QED) is 0.806. The Morgan fingerprint density at radius 1 is 1.38 bits per heavy atom. The largest absolute Gasteiger partial charge is 0.449 e. The van der Waals surface area contributed by atoms with Crippen LogP contribution in [0.2, 0.25) is 0 Å². The van der Waals surface area contributed by atoms with Crippen LogP contribution in [0.25, 0.3) is 0 Å². The molecule has 3 heterocycles. The van der Waals surface area contributed by atoms with Crippen LogP contribution in [0.5, 0.6) is 0 Å². The molecular formula is C12H19N3O. The van der Waals surface area contributed by atoms with Gasteiger partial charge in [0.2, 0.25) is 0 Å². The van der Waals surface area contributed by atoms with Crippen molar-refractivity contribution >= 4 is 0 Å². The van der Waals surface area contributed by atoms with E-state index < -0.39 is 0 Å². The van der Waals surface area contributed by atoms with Gasteiger partial charge >= 0.3 is 0 Å². The summed E-state index contributed by atoms with van der Waals surface area (Å²) in [5.74, 6) is 1.64. The molecule has 0 spiro atoms. The average molecular weight is 221 g/mol. The lowest BCUT2D eigenvalue weighted by atomic mass is 9.99. The van der Waals surface area contributed by atoms with Gasteiger partial charge in [0.25, 0.3) is 0 Å². The van der Waals surface area contributed by atoms with Crippen molar-refractivity contribution in [3.8, 4) is 0 Å². The Kier molecular flexibility index (Phi) is 2.93. The van der Waals surface area contributed by atoms with Crippen LogP contribution in [0.4, 0.5) is 0 Å². The predicted octanol–water partition coefficient (Wildman–Crippen LogP) is 1.25. The van der Waals surface area contributed by atoms with E-state index in [4.69, 9.17) is 4.42 Å². The molecule has 4 nitrogen and oxygen atoms in total. The second kappa shape index (κ2) is 4.55. The van der Waals surface area contributed by atoms with Gasteiger partial charge in [-0.2, -0.15) is 0 Å². The van der Waals surface area contributed by atoms with Gasteiger partial charge in [0.1, 0.15) is 6.26 Å². The van der Waals surface area contributed by atoms with Crippen LogP contribution in [0, 0.1) is 5.92 Å². The Morgan fingerprint density at radius 2 is 2.31 bits per heavy atom. The van der Waals surface area contributed by atoms with Crippen LogP contribution < -0.4 is 10.6 Å². The van der Waals surface area contributed by atoms with E-state index in [2.05, 4.69) is 15.6 Å². The molecule has 4 heteroatoms. The molecule has 0 aromatic carbocycles. The van der Waals surface area contributed by atoms with Crippen molar-refractivity contribution in [2.24, 2.45) is 5.92 Å². The number of nitrogens with one attached hydrogen (secondary N) is 2. The summed E-state index contributed by atoms with van der Waals surface area (Å²) in [6.07, 6.45) is 6.60. The summed E-state index contributed by atoms with van der Waals surface area (Å²) in [7, 11) is 0. The molecule has 2 aliphatic rings. The third kappa shape index (κ3) is 2.13. The second-order valence-corrected chi connectivity index (χ2v) is 4.90. The summed E-state index contributed by atoms with van der Waals surface area (Å²) in [6, 6.07) is 0.422. The van der Waals surface area contributed by atoms with E-state index in [1.807, 2.05) is 6.26 Å². The lowest BCUT2D eigenvalue weighted by molar-refractivity contribution is 0.318. The van der Waals surface area contributed by atoms with Crippen molar-refractivity contribution in [3.63, 3.8) is 0 Å². The van der Waals surface area contributed by atoms with E-state index in [0.29, 0.717) is 6.04 Å². The van der Waals surface area contributed by atoms with Crippen LogP contribution >= 0.6 is 0 Å². The molecule has 1 atom stereocenters. The van der Waals surface area contributed by atoms with Crippen LogP contribution in [0.15, 0.2) is 10.7 Å². The van der Waals surface area contributed by atoms with Crippen LogP contribution in [-0.2, 0) is 6.42 Å². The fourth-order valence-electron chi connectivity index (χ4n) is 2.42. The van der Waals surface area contributed by atoms with Gasteiger partial charge in [-0.3, -0.25) is 0 Å². The fraction of sp³-hybridized carbons (Fsp3) is 0.750. The van der Waals surface area contributed by atoms with Gasteiger partial charge in [-0.15, -0.1) is 0 Å². The van der Waals surface area contributed by atoms with Crippen molar-refractivity contribution in [1.29, 1.82) is 0 Å². The minimum absolute atomic E-state index is 0.422. The van der Waals surface area contributed by atoms with Crippen molar-refractivity contribution in [2.75, 3.05) is 19.6 Å².